The van der Waals surface area contributed by atoms with Gasteiger partial charge < -0.3 is 15.0 Å². The summed E-state index contributed by atoms with van der Waals surface area (Å²) >= 11 is 0. The summed E-state index contributed by atoms with van der Waals surface area (Å²) in [6.45, 7) is 11.0. The van der Waals surface area contributed by atoms with Crippen LogP contribution in [0.2, 0.25) is 0 Å². The van der Waals surface area contributed by atoms with Crippen LogP contribution >= 0.6 is 0 Å². The highest BCUT2D eigenvalue weighted by Crippen LogP contribution is 2.17. The first-order valence-electron chi connectivity index (χ1n) is 7.35. The number of hydrogen-bond donors (Lipinski definition) is 1. The third kappa shape index (κ3) is 2.51. The predicted octanol–water partition coefficient (Wildman–Crippen LogP) is 1.36. The fourth-order valence-corrected chi connectivity index (χ4v) is 2.89. The second-order valence-electron chi connectivity index (χ2n) is 5.54. The van der Waals surface area contributed by atoms with E-state index in [-0.39, 0.29) is 0 Å². The Labute approximate surface area is 120 Å². The molecular formula is C15H23N5. The van der Waals surface area contributed by atoms with Crippen molar-refractivity contribution in [2.75, 3.05) is 38.5 Å². The maximum atomic E-state index is 5.90. The van der Waals surface area contributed by atoms with Gasteiger partial charge in [-0.15, -0.1) is 0 Å². The quantitative estimate of drug-likeness (QED) is 0.917. The second-order valence-corrected chi connectivity index (χ2v) is 5.54. The van der Waals surface area contributed by atoms with Crippen molar-refractivity contribution >= 4 is 11.3 Å². The molecule has 0 amide bonds. The number of rotatable bonds is 3. The van der Waals surface area contributed by atoms with Crippen LogP contribution in [-0.2, 0) is 6.54 Å². The fourth-order valence-electron chi connectivity index (χ4n) is 2.89. The van der Waals surface area contributed by atoms with Crippen molar-refractivity contribution in [3.05, 3.63) is 29.7 Å². The van der Waals surface area contributed by atoms with Crippen LogP contribution in [-0.4, -0.2) is 51.9 Å². The van der Waals surface area contributed by atoms with E-state index in [0.717, 1.165) is 56.3 Å². The lowest BCUT2D eigenvalue weighted by Crippen LogP contribution is -2.45. The van der Waals surface area contributed by atoms with Crippen LogP contribution < -0.4 is 5.73 Å². The molecule has 1 aliphatic rings. The number of hydrogen-bond acceptors (Lipinski definition) is 4. The molecule has 20 heavy (non-hydrogen) atoms. The lowest BCUT2D eigenvalue weighted by molar-refractivity contribution is 0.130. The van der Waals surface area contributed by atoms with Gasteiger partial charge in [-0.2, -0.15) is 0 Å². The number of nitrogens with two attached hydrogens (primary N) is 1. The zero-order chi connectivity index (χ0) is 14.1. The highest BCUT2D eigenvalue weighted by molar-refractivity contribution is 5.50. The van der Waals surface area contributed by atoms with Crippen molar-refractivity contribution in [1.29, 1.82) is 0 Å². The lowest BCUT2D eigenvalue weighted by atomic mass is 10.2. The minimum absolute atomic E-state index is 0.784. The van der Waals surface area contributed by atoms with Gasteiger partial charge in [0.1, 0.15) is 5.65 Å². The Kier molecular flexibility index (Phi) is 3.63. The first-order valence-corrected chi connectivity index (χ1v) is 7.35. The molecular weight excluding hydrogens is 250 g/mol. The van der Waals surface area contributed by atoms with Crippen molar-refractivity contribution in [3.63, 3.8) is 0 Å². The van der Waals surface area contributed by atoms with Gasteiger partial charge in [-0.1, -0.05) is 6.92 Å². The highest BCUT2D eigenvalue weighted by Gasteiger charge is 2.18. The van der Waals surface area contributed by atoms with Crippen molar-refractivity contribution in [2.45, 2.75) is 20.4 Å². The lowest BCUT2D eigenvalue weighted by Gasteiger charge is -2.33. The number of anilines is 1. The molecule has 3 heterocycles. The molecule has 3 rings (SSSR count). The van der Waals surface area contributed by atoms with Crippen molar-refractivity contribution < 1.29 is 0 Å². The summed E-state index contributed by atoms with van der Waals surface area (Å²) in [6.07, 6.45) is 1.98. The predicted molar refractivity (Wildman–Crippen MR) is 81.7 cm³/mol. The second kappa shape index (κ2) is 5.42. The Balaban J connectivity index is 1.80. The fraction of sp³-hybridized carbons (Fsp3) is 0.533. The first-order chi connectivity index (χ1) is 9.67. The number of imidazole rings is 1. The molecule has 1 aliphatic heterocycles. The van der Waals surface area contributed by atoms with Crippen LogP contribution in [0.4, 0.5) is 5.69 Å². The van der Waals surface area contributed by atoms with Crippen molar-refractivity contribution in [2.24, 2.45) is 0 Å². The van der Waals surface area contributed by atoms with Crippen molar-refractivity contribution in [3.8, 4) is 0 Å². The normalized spacial score (nSPS) is 17.9. The minimum atomic E-state index is 0.784. The summed E-state index contributed by atoms with van der Waals surface area (Å²) in [7, 11) is 0. The third-order valence-electron chi connectivity index (χ3n) is 4.23. The molecule has 2 N–H and O–H groups in total. The van der Waals surface area contributed by atoms with Crippen LogP contribution in [0.5, 0.6) is 0 Å². The smallest absolute Gasteiger partial charge is 0.137 e. The number of piperazine rings is 1. The number of likely N-dealkylation sites (N-methyl/N-ethyl adjacent to an activating group) is 1. The standard InChI is InChI=1S/C15H23N5/c1-3-18-6-8-19(9-7-18)11-14-12(2)17-15-5-4-13(16)10-20(14)15/h4-5,10H,3,6-9,11,16H2,1-2H3. The van der Waals surface area contributed by atoms with E-state index in [9.17, 15) is 0 Å². The zero-order valence-electron chi connectivity index (χ0n) is 12.3. The van der Waals surface area contributed by atoms with E-state index in [4.69, 9.17) is 5.73 Å². The largest absolute Gasteiger partial charge is 0.398 e. The molecule has 0 aliphatic carbocycles. The van der Waals surface area contributed by atoms with Gasteiger partial charge in [0.2, 0.25) is 0 Å². The molecule has 0 spiro atoms. The van der Waals surface area contributed by atoms with Gasteiger partial charge in [-0.3, -0.25) is 4.90 Å². The van der Waals surface area contributed by atoms with E-state index in [1.165, 1.54) is 5.69 Å². The Morgan fingerprint density at radius 3 is 2.55 bits per heavy atom. The molecule has 0 saturated carbocycles. The SMILES string of the molecule is CCN1CCN(Cc2c(C)nc3ccc(N)cn23)CC1. The number of nitrogens with zero attached hydrogens (tertiary/aromatic N) is 4. The summed E-state index contributed by atoms with van der Waals surface area (Å²) in [4.78, 5) is 9.62. The zero-order valence-corrected chi connectivity index (χ0v) is 12.3. The molecule has 1 saturated heterocycles. The summed E-state index contributed by atoms with van der Waals surface area (Å²) in [5.41, 5.74) is 10.0. The number of pyridine rings is 1. The van der Waals surface area contributed by atoms with Crippen LogP contribution in [0.1, 0.15) is 18.3 Å². The average Bonchev–Trinajstić information content (AvgIpc) is 2.76. The van der Waals surface area contributed by atoms with Crippen LogP contribution in [0.15, 0.2) is 18.3 Å². The Morgan fingerprint density at radius 2 is 1.85 bits per heavy atom. The molecule has 0 atom stereocenters. The monoisotopic (exact) mass is 273 g/mol. The van der Waals surface area contributed by atoms with Crippen LogP contribution in [0, 0.1) is 6.92 Å². The first kappa shape index (κ1) is 13.4. The Hall–Kier alpha value is -1.59. The molecule has 0 aromatic carbocycles. The molecule has 5 nitrogen and oxygen atoms in total. The summed E-state index contributed by atoms with van der Waals surface area (Å²) < 4.78 is 2.14. The molecule has 108 valence electrons. The maximum Gasteiger partial charge on any atom is 0.137 e. The van der Waals surface area contributed by atoms with Gasteiger partial charge in [0.05, 0.1) is 11.4 Å². The summed E-state index contributed by atoms with van der Waals surface area (Å²) in [6, 6.07) is 3.90. The van der Waals surface area contributed by atoms with Gasteiger partial charge in [0, 0.05) is 44.6 Å². The molecule has 5 heteroatoms. The molecule has 2 aromatic heterocycles. The number of aromatic nitrogens is 2. The van der Waals surface area contributed by atoms with Crippen LogP contribution in [0.3, 0.4) is 0 Å². The Morgan fingerprint density at radius 1 is 1.15 bits per heavy atom. The molecule has 0 unspecified atom stereocenters. The van der Waals surface area contributed by atoms with E-state index in [2.05, 4.69) is 33.0 Å². The van der Waals surface area contributed by atoms with E-state index >= 15 is 0 Å². The van der Waals surface area contributed by atoms with Gasteiger partial charge in [0.15, 0.2) is 0 Å². The summed E-state index contributed by atoms with van der Waals surface area (Å²) in [5, 5.41) is 0. The highest BCUT2D eigenvalue weighted by atomic mass is 15.3. The topological polar surface area (TPSA) is 49.8 Å². The van der Waals surface area contributed by atoms with Crippen molar-refractivity contribution in [1.82, 2.24) is 19.2 Å². The van der Waals surface area contributed by atoms with Gasteiger partial charge in [-0.05, 0) is 25.6 Å². The Bertz CT molecular complexity index is 596. The molecule has 2 aromatic rings. The summed E-state index contributed by atoms with van der Waals surface area (Å²) in [5.74, 6) is 0. The van der Waals surface area contributed by atoms with Gasteiger partial charge in [-0.25, -0.2) is 4.98 Å². The van der Waals surface area contributed by atoms with Gasteiger partial charge >= 0.3 is 0 Å². The van der Waals surface area contributed by atoms with E-state index < -0.39 is 0 Å². The van der Waals surface area contributed by atoms with E-state index in [0.29, 0.717) is 0 Å². The molecule has 0 bridgehead atoms. The molecule has 1 fully saturated rings. The average molecular weight is 273 g/mol. The molecule has 0 radical (unpaired) electrons. The number of aryl methyl sites for hydroxylation is 1. The minimum Gasteiger partial charge on any atom is -0.398 e. The number of nitrogen functional groups attached to an aromatic ring is 1. The maximum absolute atomic E-state index is 5.90. The third-order valence-corrected chi connectivity index (χ3v) is 4.23. The van der Waals surface area contributed by atoms with Gasteiger partial charge in [0.25, 0.3) is 0 Å². The van der Waals surface area contributed by atoms with Crippen LogP contribution in [0.25, 0.3) is 5.65 Å². The van der Waals surface area contributed by atoms with E-state index in [1.807, 2.05) is 18.3 Å². The number of fused-ring (bicyclic) bond motifs is 1. The van der Waals surface area contributed by atoms with E-state index in [1.54, 1.807) is 0 Å².